The Labute approximate surface area is 153 Å². The second kappa shape index (κ2) is 6.68. The number of carbonyl (C=O) groups excluding carboxylic acids is 1. The third kappa shape index (κ3) is 2.76. The van der Waals surface area contributed by atoms with Gasteiger partial charge in [0.15, 0.2) is 0 Å². The highest BCUT2D eigenvalue weighted by Gasteiger charge is 2.31. The van der Waals surface area contributed by atoms with Crippen molar-refractivity contribution in [1.29, 1.82) is 0 Å². The highest BCUT2D eigenvalue weighted by atomic mass is 16.5. The van der Waals surface area contributed by atoms with Crippen LogP contribution in [0.5, 0.6) is 5.75 Å². The Balaban J connectivity index is 1.83. The lowest BCUT2D eigenvalue weighted by Gasteiger charge is -2.33. The van der Waals surface area contributed by atoms with E-state index in [0.717, 1.165) is 17.0 Å². The van der Waals surface area contributed by atoms with E-state index in [2.05, 4.69) is 49.0 Å². The second-order valence-electron chi connectivity index (χ2n) is 6.60. The van der Waals surface area contributed by atoms with Crippen molar-refractivity contribution in [3.8, 4) is 5.75 Å². The molecule has 1 unspecified atom stereocenters. The Morgan fingerprint density at radius 1 is 1.12 bits per heavy atom. The number of fused-ring (bicyclic) bond motifs is 3. The first-order chi connectivity index (χ1) is 12.7. The summed E-state index contributed by atoms with van der Waals surface area (Å²) < 4.78 is 5.58. The van der Waals surface area contributed by atoms with Gasteiger partial charge in [0.2, 0.25) is 5.91 Å². The molecule has 3 nitrogen and oxygen atoms in total. The first-order valence-corrected chi connectivity index (χ1v) is 8.81. The van der Waals surface area contributed by atoms with Crippen molar-refractivity contribution < 1.29 is 9.53 Å². The molecule has 0 bridgehead atoms. The van der Waals surface area contributed by atoms with E-state index in [1.165, 1.54) is 16.3 Å². The van der Waals surface area contributed by atoms with Crippen molar-refractivity contribution in [2.24, 2.45) is 0 Å². The SMILES string of the molecule is C=CCOc1ccc(C2CC(=O)N(C)c3ccc4ccccc4c32)cc1. The number of carbonyl (C=O) groups is 1. The molecule has 130 valence electrons. The van der Waals surface area contributed by atoms with Gasteiger partial charge in [-0.15, -0.1) is 0 Å². The number of amides is 1. The average Bonchev–Trinajstić information content (AvgIpc) is 2.69. The smallest absolute Gasteiger partial charge is 0.227 e. The molecule has 0 radical (unpaired) electrons. The molecular weight excluding hydrogens is 322 g/mol. The Kier molecular flexibility index (Phi) is 4.21. The van der Waals surface area contributed by atoms with Crippen molar-refractivity contribution in [2.45, 2.75) is 12.3 Å². The van der Waals surface area contributed by atoms with Gasteiger partial charge in [-0.1, -0.05) is 55.1 Å². The van der Waals surface area contributed by atoms with E-state index in [0.29, 0.717) is 13.0 Å². The minimum Gasteiger partial charge on any atom is -0.490 e. The number of rotatable bonds is 4. The number of anilines is 1. The number of benzene rings is 3. The molecule has 0 saturated heterocycles. The van der Waals surface area contributed by atoms with Crippen LogP contribution in [0.4, 0.5) is 5.69 Å². The normalized spacial score (nSPS) is 16.4. The number of nitrogens with zero attached hydrogens (tertiary/aromatic N) is 1. The van der Waals surface area contributed by atoms with Gasteiger partial charge in [-0.3, -0.25) is 4.79 Å². The molecule has 0 N–H and O–H groups in total. The number of hydrogen-bond donors (Lipinski definition) is 0. The van der Waals surface area contributed by atoms with E-state index in [1.807, 2.05) is 25.2 Å². The Hall–Kier alpha value is -3.07. The summed E-state index contributed by atoms with van der Waals surface area (Å²) in [7, 11) is 1.86. The standard InChI is InChI=1S/C23H21NO2/c1-3-14-26-18-11-8-17(9-12-18)20-15-22(25)24(2)21-13-10-16-6-4-5-7-19(16)23(20)21/h3-13,20H,1,14-15H2,2H3. The van der Waals surface area contributed by atoms with E-state index in [4.69, 9.17) is 4.74 Å². The van der Waals surface area contributed by atoms with Crippen LogP contribution in [0.1, 0.15) is 23.5 Å². The summed E-state index contributed by atoms with van der Waals surface area (Å²) in [6.45, 7) is 4.15. The first-order valence-electron chi connectivity index (χ1n) is 8.81. The molecule has 0 aliphatic carbocycles. The maximum atomic E-state index is 12.6. The van der Waals surface area contributed by atoms with E-state index in [1.54, 1.807) is 11.0 Å². The van der Waals surface area contributed by atoms with Gasteiger partial charge in [-0.2, -0.15) is 0 Å². The van der Waals surface area contributed by atoms with Gasteiger partial charge in [-0.25, -0.2) is 0 Å². The van der Waals surface area contributed by atoms with E-state index in [9.17, 15) is 4.79 Å². The van der Waals surface area contributed by atoms with Gasteiger partial charge in [0.05, 0.1) is 0 Å². The van der Waals surface area contributed by atoms with Crippen LogP contribution in [0, 0.1) is 0 Å². The number of hydrogen-bond acceptors (Lipinski definition) is 2. The third-order valence-electron chi connectivity index (χ3n) is 5.06. The zero-order valence-corrected chi connectivity index (χ0v) is 14.8. The third-order valence-corrected chi connectivity index (χ3v) is 5.06. The average molecular weight is 343 g/mol. The lowest BCUT2D eigenvalue weighted by Crippen LogP contribution is -2.33. The summed E-state index contributed by atoms with van der Waals surface area (Å²) in [6, 6.07) is 20.6. The molecule has 4 rings (SSSR count). The first kappa shape index (κ1) is 16.4. The van der Waals surface area contributed by atoms with Crippen molar-refractivity contribution >= 4 is 22.4 Å². The van der Waals surface area contributed by atoms with Crippen LogP contribution in [0.25, 0.3) is 10.8 Å². The minimum absolute atomic E-state index is 0.0493. The number of ether oxygens (including phenoxy) is 1. The molecule has 26 heavy (non-hydrogen) atoms. The van der Waals surface area contributed by atoms with Crippen LogP contribution in [0.15, 0.2) is 73.3 Å². The van der Waals surface area contributed by atoms with Gasteiger partial charge < -0.3 is 9.64 Å². The minimum atomic E-state index is 0.0493. The van der Waals surface area contributed by atoms with E-state index < -0.39 is 0 Å². The maximum absolute atomic E-state index is 12.6. The van der Waals surface area contributed by atoms with E-state index >= 15 is 0 Å². The summed E-state index contributed by atoms with van der Waals surface area (Å²) in [4.78, 5) is 14.4. The quantitative estimate of drug-likeness (QED) is 0.630. The van der Waals surface area contributed by atoms with Crippen molar-refractivity contribution in [3.05, 3.63) is 84.4 Å². The fourth-order valence-corrected chi connectivity index (χ4v) is 3.73. The Bertz CT molecular complexity index is 975. The van der Waals surface area contributed by atoms with Crippen LogP contribution in [0.2, 0.25) is 0 Å². The molecule has 1 atom stereocenters. The summed E-state index contributed by atoms with van der Waals surface area (Å²) in [5, 5.41) is 2.41. The van der Waals surface area contributed by atoms with Crippen LogP contribution in [-0.4, -0.2) is 19.6 Å². The second-order valence-corrected chi connectivity index (χ2v) is 6.60. The molecule has 3 aromatic carbocycles. The summed E-state index contributed by atoms with van der Waals surface area (Å²) in [6.07, 6.45) is 2.20. The summed E-state index contributed by atoms with van der Waals surface area (Å²) in [5.74, 6) is 1.00. The Morgan fingerprint density at radius 3 is 2.65 bits per heavy atom. The molecule has 0 spiro atoms. The summed E-state index contributed by atoms with van der Waals surface area (Å²) >= 11 is 0. The van der Waals surface area contributed by atoms with Gasteiger partial charge >= 0.3 is 0 Å². The van der Waals surface area contributed by atoms with Gasteiger partial charge in [-0.05, 0) is 40.1 Å². The van der Waals surface area contributed by atoms with E-state index in [-0.39, 0.29) is 11.8 Å². The molecule has 1 amide bonds. The van der Waals surface area contributed by atoms with Crippen LogP contribution < -0.4 is 9.64 Å². The predicted octanol–water partition coefficient (Wildman–Crippen LogP) is 4.90. The van der Waals surface area contributed by atoms with Gasteiger partial charge in [0.1, 0.15) is 12.4 Å². The zero-order chi connectivity index (χ0) is 18.1. The van der Waals surface area contributed by atoms with Gasteiger partial charge in [0, 0.05) is 25.1 Å². The predicted molar refractivity (Wildman–Crippen MR) is 106 cm³/mol. The zero-order valence-electron chi connectivity index (χ0n) is 14.8. The largest absolute Gasteiger partial charge is 0.490 e. The molecule has 1 heterocycles. The molecule has 3 aromatic rings. The van der Waals surface area contributed by atoms with Crippen LogP contribution >= 0.6 is 0 Å². The highest BCUT2D eigenvalue weighted by molar-refractivity contribution is 6.02. The van der Waals surface area contributed by atoms with Crippen molar-refractivity contribution in [3.63, 3.8) is 0 Å². The fourth-order valence-electron chi connectivity index (χ4n) is 3.73. The lowest BCUT2D eigenvalue weighted by atomic mass is 9.81. The Morgan fingerprint density at radius 2 is 1.88 bits per heavy atom. The molecule has 0 saturated carbocycles. The molecule has 0 fully saturated rings. The topological polar surface area (TPSA) is 29.5 Å². The molecular formula is C23H21NO2. The fraction of sp³-hybridized carbons (Fsp3) is 0.174. The highest BCUT2D eigenvalue weighted by Crippen LogP contribution is 2.43. The monoisotopic (exact) mass is 343 g/mol. The van der Waals surface area contributed by atoms with Crippen LogP contribution in [0.3, 0.4) is 0 Å². The van der Waals surface area contributed by atoms with Crippen molar-refractivity contribution in [2.75, 3.05) is 18.6 Å². The van der Waals surface area contributed by atoms with Gasteiger partial charge in [0.25, 0.3) is 0 Å². The molecule has 1 aliphatic rings. The molecule has 3 heteroatoms. The molecule has 1 aliphatic heterocycles. The molecule has 0 aromatic heterocycles. The van der Waals surface area contributed by atoms with Crippen molar-refractivity contribution in [1.82, 2.24) is 0 Å². The lowest BCUT2D eigenvalue weighted by molar-refractivity contribution is -0.118. The van der Waals surface area contributed by atoms with Crippen LogP contribution in [-0.2, 0) is 4.79 Å². The summed E-state index contributed by atoms with van der Waals surface area (Å²) in [5.41, 5.74) is 3.36. The maximum Gasteiger partial charge on any atom is 0.227 e.